The molecule has 0 unspecified atom stereocenters. The van der Waals surface area contributed by atoms with Crippen molar-refractivity contribution in [1.29, 1.82) is 0 Å². The van der Waals surface area contributed by atoms with Gasteiger partial charge in [0.25, 0.3) is 0 Å². The van der Waals surface area contributed by atoms with Crippen LogP contribution in [0.4, 0.5) is 0 Å². The molecule has 0 bridgehead atoms. The van der Waals surface area contributed by atoms with Crippen LogP contribution in [0.1, 0.15) is 12.8 Å². The Kier molecular flexibility index (Phi) is 5.87. The van der Waals surface area contributed by atoms with Crippen LogP contribution < -0.4 is 5.73 Å². The van der Waals surface area contributed by atoms with E-state index in [2.05, 4.69) is 0 Å². The normalized spacial score (nSPS) is 19.5. The fourth-order valence-electron chi connectivity index (χ4n) is 1.37. The molecule has 13 heavy (non-hydrogen) atoms. The third kappa shape index (κ3) is 3.81. The smallest absolute Gasteiger partial charge is 0.154 e. The van der Waals surface area contributed by atoms with Gasteiger partial charge in [0.1, 0.15) is 0 Å². The molecule has 0 aromatic rings. The molecule has 1 aliphatic rings. The summed E-state index contributed by atoms with van der Waals surface area (Å²) >= 11 is 0. The number of nitrogens with two attached hydrogens (primary N) is 1. The molecule has 0 aromatic carbocycles. The number of halogens is 1. The molecule has 0 atom stereocenters. The van der Waals surface area contributed by atoms with E-state index < -0.39 is 9.84 Å². The van der Waals surface area contributed by atoms with Crippen LogP contribution in [0.25, 0.3) is 0 Å². The van der Waals surface area contributed by atoms with Crippen LogP contribution in [-0.4, -0.2) is 39.2 Å². The van der Waals surface area contributed by atoms with E-state index >= 15 is 0 Å². The Balaban J connectivity index is 0.00000144. The first-order chi connectivity index (χ1) is 5.67. The zero-order valence-corrected chi connectivity index (χ0v) is 9.07. The summed E-state index contributed by atoms with van der Waals surface area (Å²) in [5.74, 6) is 0.109. The lowest BCUT2D eigenvalue weighted by molar-refractivity contribution is 0.0984. The Morgan fingerprint density at radius 3 is 2.31 bits per heavy atom. The average Bonchev–Trinajstić information content (AvgIpc) is 2.06. The molecule has 0 aliphatic carbocycles. The first-order valence-corrected chi connectivity index (χ1v) is 5.88. The maximum Gasteiger partial charge on any atom is 0.154 e. The van der Waals surface area contributed by atoms with Crippen molar-refractivity contribution in [2.45, 2.75) is 18.1 Å². The van der Waals surface area contributed by atoms with Gasteiger partial charge in [-0.2, -0.15) is 0 Å². The molecule has 0 aromatic heterocycles. The molecule has 1 heterocycles. The highest BCUT2D eigenvalue weighted by Gasteiger charge is 2.26. The van der Waals surface area contributed by atoms with Gasteiger partial charge in [0.15, 0.2) is 9.84 Å². The Bertz CT molecular complexity index is 224. The molecule has 0 radical (unpaired) electrons. The molecule has 4 nitrogen and oxygen atoms in total. The van der Waals surface area contributed by atoms with E-state index in [9.17, 15) is 8.42 Å². The lowest BCUT2D eigenvalue weighted by Gasteiger charge is -2.21. The zero-order valence-electron chi connectivity index (χ0n) is 7.44. The summed E-state index contributed by atoms with van der Waals surface area (Å²) in [7, 11) is -2.94. The van der Waals surface area contributed by atoms with Crippen LogP contribution >= 0.6 is 12.4 Å². The van der Waals surface area contributed by atoms with E-state index in [0.717, 1.165) is 0 Å². The van der Waals surface area contributed by atoms with Crippen molar-refractivity contribution in [2.75, 3.05) is 25.5 Å². The van der Waals surface area contributed by atoms with Gasteiger partial charge in [0.2, 0.25) is 0 Å². The molecule has 6 heteroatoms. The molecule has 1 aliphatic heterocycles. The number of ether oxygens (including phenoxy) is 1. The van der Waals surface area contributed by atoms with Gasteiger partial charge in [-0.25, -0.2) is 8.42 Å². The van der Waals surface area contributed by atoms with Crippen molar-refractivity contribution in [3.05, 3.63) is 0 Å². The highest BCUT2D eigenvalue weighted by molar-refractivity contribution is 7.92. The largest absolute Gasteiger partial charge is 0.381 e. The van der Waals surface area contributed by atoms with Crippen LogP contribution in [0.2, 0.25) is 0 Å². The van der Waals surface area contributed by atoms with Crippen LogP contribution in [0, 0.1) is 0 Å². The van der Waals surface area contributed by atoms with Gasteiger partial charge >= 0.3 is 0 Å². The lowest BCUT2D eigenvalue weighted by Crippen LogP contribution is -2.32. The summed E-state index contributed by atoms with van der Waals surface area (Å²) in [6.07, 6.45) is 1.25. The second kappa shape index (κ2) is 5.80. The Hall–Kier alpha value is 0.160. The lowest BCUT2D eigenvalue weighted by atomic mass is 10.2. The molecule has 0 saturated carbocycles. The highest BCUT2D eigenvalue weighted by Crippen LogP contribution is 2.15. The fourth-order valence-corrected chi connectivity index (χ4v) is 2.94. The number of sulfone groups is 1. The predicted molar refractivity (Wildman–Crippen MR) is 53.9 cm³/mol. The maximum atomic E-state index is 11.5. The van der Waals surface area contributed by atoms with Crippen molar-refractivity contribution in [3.8, 4) is 0 Å². The number of hydrogen-bond donors (Lipinski definition) is 1. The maximum absolute atomic E-state index is 11.5. The van der Waals surface area contributed by atoms with E-state index in [4.69, 9.17) is 10.5 Å². The molecule has 1 rings (SSSR count). The van der Waals surface area contributed by atoms with Gasteiger partial charge in [-0.3, -0.25) is 0 Å². The van der Waals surface area contributed by atoms with Crippen LogP contribution in [0.3, 0.4) is 0 Å². The van der Waals surface area contributed by atoms with E-state index in [0.29, 0.717) is 26.1 Å². The molecule has 80 valence electrons. The van der Waals surface area contributed by atoms with Gasteiger partial charge < -0.3 is 10.5 Å². The highest BCUT2D eigenvalue weighted by atomic mass is 35.5. The molecule has 1 fully saturated rings. The number of hydrogen-bond acceptors (Lipinski definition) is 4. The second-order valence-corrected chi connectivity index (χ2v) is 5.37. The summed E-state index contributed by atoms with van der Waals surface area (Å²) in [5.41, 5.74) is 5.21. The van der Waals surface area contributed by atoms with Crippen molar-refractivity contribution in [1.82, 2.24) is 0 Å². The van der Waals surface area contributed by atoms with Crippen molar-refractivity contribution in [3.63, 3.8) is 0 Å². The first kappa shape index (κ1) is 13.2. The van der Waals surface area contributed by atoms with E-state index in [1.54, 1.807) is 0 Å². The summed E-state index contributed by atoms with van der Waals surface area (Å²) in [6, 6.07) is 0. The molecule has 0 spiro atoms. The van der Waals surface area contributed by atoms with E-state index in [-0.39, 0.29) is 30.0 Å². The Labute approximate surface area is 85.2 Å². The van der Waals surface area contributed by atoms with E-state index in [1.807, 2.05) is 0 Å². The molecular formula is C7H16ClNO3S. The third-order valence-electron chi connectivity index (χ3n) is 2.08. The van der Waals surface area contributed by atoms with Crippen LogP contribution in [-0.2, 0) is 14.6 Å². The third-order valence-corrected chi connectivity index (χ3v) is 4.37. The minimum atomic E-state index is -2.94. The minimum absolute atomic E-state index is 0. The summed E-state index contributed by atoms with van der Waals surface area (Å²) in [4.78, 5) is 0. The van der Waals surface area contributed by atoms with Crippen LogP contribution in [0.15, 0.2) is 0 Å². The van der Waals surface area contributed by atoms with Crippen molar-refractivity contribution < 1.29 is 13.2 Å². The van der Waals surface area contributed by atoms with Gasteiger partial charge in [-0.15, -0.1) is 12.4 Å². The Morgan fingerprint density at radius 1 is 1.31 bits per heavy atom. The monoisotopic (exact) mass is 229 g/mol. The Morgan fingerprint density at radius 2 is 1.85 bits per heavy atom. The molecule has 1 saturated heterocycles. The molecule has 2 N–H and O–H groups in total. The first-order valence-electron chi connectivity index (χ1n) is 4.16. The summed E-state index contributed by atoms with van der Waals surface area (Å²) in [5, 5.41) is -0.213. The SMILES string of the molecule is Cl.NCCS(=O)(=O)C1CCOCC1. The number of rotatable bonds is 3. The summed E-state index contributed by atoms with van der Waals surface area (Å²) < 4.78 is 28.0. The van der Waals surface area contributed by atoms with E-state index in [1.165, 1.54) is 0 Å². The van der Waals surface area contributed by atoms with Gasteiger partial charge in [-0.1, -0.05) is 0 Å². The van der Waals surface area contributed by atoms with Crippen molar-refractivity contribution >= 4 is 22.2 Å². The quantitative estimate of drug-likeness (QED) is 0.738. The minimum Gasteiger partial charge on any atom is -0.381 e. The predicted octanol–water partition coefficient (Wildman–Crippen LogP) is -0.0393. The average molecular weight is 230 g/mol. The molecule has 0 amide bonds. The van der Waals surface area contributed by atoms with Gasteiger partial charge in [0.05, 0.1) is 11.0 Å². The van der Waals surface area contributed by atoms with Gasteiger partial charge in [-0.05, 0) is 12.8 Å². The standard InChI is InChI=1S/C7H15NO3S.ClH/c8-3-6-12(9,10)7-1-4-11-5-2-7;/h7H,1-6,8H2;1H. The molecular weight excluding hydrogens is 214 g/mol. The zero-order chi connectivity index (χ0) is 9.03. The van der Waals surface area contributed by atoms with Crippen LogP contribution in [0.5, 0.6) is 0 Å². The fraction of sp³-hybridized carbons (Fsp3) is 1.00. The van der Waals surface area contributed by atoms with Gasteiger partial charge in [0, 0.05) is 19.8 Å². The topological polar surface area (TPSA) is 69.4 Å². The summed E-state index contributed by atoms with van der Waals surface area (Å²) in [6.45, 7) is 1.35. The second-order valence-electron chi connectivity index (χ2n) is 2.97. The van der Waals surface area contributed by atoms with Crippen molar-refractivity contribution in [2.24, 2.45) is 5.73 Å².